The number of carbonyl (C=O) groups excluding carboxylic acids is 1. The van der Waals surface area contributed by atoms with Crippen molar-refractivity contribution >= 4 is 40.1 Å². The third-order valence-electron chi connectivity index (χ3n) is 1.61. The monoisotopic (exact) mass is 305 g/mol. The second kappa shape index (κ2) is 6.83. The molecule has 0 aliphatic carbocycles. The van der Waals surface area contributed by atoms with Crippen LogP contribution in [0.3, 0.4) is 0 Å². The molecule has 0 spiro atoms. The molecule has 7 nitrogen and oxygen atoms in total. The zero-order valence-corrected chi connectivity index (χ0v) is 12.4. The van der Waals surface area contributed by atoms with E-state index in [1.54, 1.807) is 0 Å². The first-order valence-electron chi connectivity index (χ1n) is 5.38. The molecule has 0 fully saturated rings. The van der Waals surface area contributed by atoms with Gasteiger partial charge in [-0.2, -0.15) is 0 Å². The molecule has 2 N–H and O–H groups in total. The van der Waals surface area contributed by atoms with Gasteiger partial charge < -0.3 is 9.84 Å². The Hall–Kier alpha value is -1.19. The lowest BCUT2D eigenvalue weighted by atomic mass is 10.2. The van der Waals surface area contributed by atoms with E-state index in [1.165, 1.54) is 0 Å². The van der Waals surface area contributed by atoms with E-state index in [1.807, 2.05) is 20.8 Å². The van der Waals surface area contributed by atoms with Gasteiger partial charge in [0.05, 0.1) is 11.4 Å². The van der Waals surface area contributed by atoms with E-state index in [2.05, 4.69) is 15.5 Å². The summed E-state index contributed by atoms with van der Waals surface area (Å²) < 4.78 is 5.81. The number of carboxylic acid groups (broad SMARTS) is 1. The first kappa shape index (κ1) is 15.9. The Morgan fingerprint density at radius 2 is 2.11 bits per heavy atom. The van der Waals surface area contributed by atoms with Gasteiger partial charge in [-0.3, -0.25) is 14.9 Å². The highest BCUT2D eigenvalue weighted by Crippen LogP contribution is 2.25. The van der Waals surface area contributed by atoms with Gasteiger partial charge in [0.15, 0.2) is 4.34 Å². The van der Waals surface area contributed by atoms with Crippen LogP contribution in [0.5, 0.6) is 0 Å². The van der Waals surface area contributed by atoms with Gasteiger partial charge >= 0.3 is 5.97 Å². The van der Waals surface area contributed by atoms with Crippen molar-refractivity contribution in [2.75, 3.05) is 17.7 Å². The largest absolute Gasteiger partial charge is 0.481 e. The van der Waals surface area contributed by atoms with E-state index in [0.717, 1.165) is 23.1 Å². The zero-order valence-electron chi connectivity index (χ0n) is 10.8. The fourth-order valence-corrected chi connectivity index (χ4v) is 2.37. The van der Waals surface area contributed by atoms with Crippen molar-refractivity contribution in [3.05, 3.63) is 0 Å². The number of aromatic nitrogens is 2. The van der Waals surface area contributed by atoms with Crippen LogP contribution in [0.15, 0.2) is 4.34 Å². The summed E-state index contributed by atoms with van der Waals surface area (Å²) >= 11 is 2.18. The molecule has 0 unspecified atom stereocenters. The lowest BCUT2D eigenvalue weighted by Gasteiger charge is -2.18. The number of nitrogens with zero attached hydrogens (tertiary/aromatic N) is 2. The van der Waals surface area contributed by atoms with Gasteiger partial charge in [0, 0.05) is 0 Å². The Bertz CT molecular complexity index is 456. The summed E-state index contributed by atoms with van der Waals surface area (Å²) in [5, 5.41) is 18.9. The third kappa shape index (κ3) is 7.09. The van der Waals surface area contributed by atoms with Crippen molar-refractivity contribution in [2.24, 2.45) is 0 Å². The Labute approximate surface area is 118 Å². The molecule has 9 heteroatoms. The Morgan fingerprint density at radius 1 is 1.42 bits per heavy atom. The number of nitrogens with one attached hydrogen (secondary N) is 1. The normalized spacial score (nSPS) is 11.3. The highest BCUT2D eigenvalue weighted by Gasteiger charge is 2.14. The SMILES string of the molecule is CC(C)(C)OCC(=O)Nc1nnc(SCC(=O)O)s1. The van der Waals surface area contributed by atoms with Gasteiger partial charge in [-0.25, -0.2) is 0 Å². The summed E-state index contributed by atoms with van der Waals surface area (Å²) in [5.74, 6) is -1.33. The number of thioether (sulfide) groups is 1. The molecule has 0 atom stereocenters. The molecule has 0 saturated heterocycles. The highest BCUT2D eigenvalue weighted by molar-refractivity contribution is 8.01. The van der Waals surface area contributed by atoms with E-state index >= 15 is 0 Å². The number of ether oxygens (including phenoxy) is 1. The van der Waals surface area contributed by atoms with Crippen LogP contribution < -0.4 is 5.32 Å². The number of carbonyl (C=O) groups is 2. The number of hydrogen-bond donors (Lipinski definition) is 2. The summed E-state index contributed by atoms with van der Waals surface area (Å²) in [5.41, 5.74) is -0.388. The lowest BCUT2D eigenvalue weighted by molar-refractivity contribution is -0.134. The molecular weight excluding hydrogens is 290 g/mol. The Kier molecular flexibility index (Phi) is 5.70. The van der Waals surface area contributed by atoms with Crippen molar-refractivity contribution in [1.29, 1.82) is 0 Å². The van der Waals surface area contributed by atoms with Crippen LogP contribution in [0.2, 0.25) is 0 Å². The fraction of sp³-hybridized carbons (Fsp3) is 0.600. The molecule has 1 aromatic heterocycles. The van der Waals surface area contributed by atoms with Crippen molar-refractivity contribution in [1.82, 2.24) is 10.2 Å². The highest BCUT2D eigenvalue weighted by atomic mass is 32.2. The van der Waals surface area contributed by atoms with Crippen LogP contribution in [0.25, 0.3) is 0 Å². The minimum Gasteiger partial charge on any atom is -0.481 e. The average molecular weight is 305 g/mol. The molecule has 0 saturated carbocycles. The van der Waals surface area contributed by atoms with Crippen LogP contribution >= 0.6 is 23.1 Å². The van der Waals surface area contributed by atoms with Gasteiger partial charge in [0.2, 0.25) is 5.13 Å². The molecule has 1 aromatic rings. The summed E-state index contributed by atoms with van der Waals surface area (Å²) in [4.78, 5) is 21.9. The molecule has 0 aliphatic heterocycles. The lowest BCUT2D eigenvalue weighted by Crippen LogP contribution is -2.27. The molecule has 1 amide bonds. The van der Waals surface area contributed by atoms with Crippen LogP contribution in [0, 0.1) is 0 Å². The zero-order chi connectivity index (χ0) is 14.5. The Morgan fingerprint density at radius 3 is 2.68 bits per heavy atom. The standard InChI is InChI=1S/C10H15N3O4S2/c1-10(2,3)17-4-6(14)11-8-12-13-9(19-8)18-5-7(15)16/h4-5H2,1-3H3,(H,15,16)(H,11,12,14). The molecule has 0 bridgehead atoms. The molecule has 0 aliphatic rings. The van der Waals surface area contributed by atoms with Crippen molar-refractivity contribution < 1.29 is 19.4 Å². The van der Waals surface area contributed by atoms with E-state index in [-0.39, 0.29) is 23.9 Å². The van der Waals surface area contributed by atoms with Gasteiger partial charge in [-0.1, -0.05) is 23.1 Å². The van der Waals surface area contributed by atoms with Crippen LogP contribution in [-0.2, 0) is 14.3 Å². The van der Waals surface area contributed by atoms with Crippen molar-refractivity contribution in [2.45, 2.75) is 30.7 Å². The smallest absolute Gasteiger partial charge is 0.313 e. The van der Waals surface area contributed by atoms with Gasteiger partial charge in [-0.05, 0) is 20.8 Å². The number of rotatable bonds is 6. The molecule has 19 heavy (non-hydrogen) atoms. The summed E-state index contributed by atoms with van der Waals surface area (Å²) in [6.45, 7) is 5.49. The number of aliphatic carboxylic acids is 1. The van der Waals surface area contributed by atoms with Crippen LogP contribution in [0.1, 0.15) is 20.8 Å². The van der Waals surface area contributed by atoms with E-state index in [0.29, 0.717) is 9.47 Å². The molecule has 106 valence electrons. The molecule has 0 radical (unpaired) electrons. The van der Waals surface area contributed by atoms with E-state index in [9.17, 15) is 9.59 Å². The second-order valence-corrected chi connectivity index (χ2v) is 6.70. The summed E-state index contributed by atoms with van der Waals surface area (Å²) in [6, 6.07) is 0. The number of anilines is 1. The maximum absolute atomic E-state index is 11.5. The van der Waals surface area contributed by atoms with Gasteiger partial charge in [0.1, 0.15) is 6.61 Å². The maximum atomic E-state index is 11.5. The van der Waals surface area contributed by atoms with Crippen molar-refractivity contribution in [3.8, 4) is 0 Å². The minimum absolute atomic E-state index is 0.0688. The molecular formula is C10H15N3O4S2. The predicted molar refractivity (Wildman–Crippen MR) is 72.6 cm³/mol. The van der Waals surface area contributed by atoms with Gasteiger partial charge in [0.25, 0.3) is 5.91 Å². The predicted octanol–water partition coefficient (Wildman–Crippen LogP) is 1.47. The molecule has 1 rings (SSSR count). The second-order valence-electron chi connectivity index (χ2n) is 4.50. The first-order chi connectivity index (χ1) is 8.76. The third-order valence-corrected chi connectivity index (χ3v) is 3.56. The number of carboxylic acids is 1. The van der Waals surface area contributed by atoms with E-state index in [4.69, 9.17) is 9.84 Å². The quantitative estimate of drug-likeness (QED) is 0.606. The average Bonchev–Trinajstić information content (AvgIpc) is 2.70. The number of hydrogen-bond acceptors (Lipinski definition) is 7. The minimum atomic E-state index is -0.927. The van der Waals surface area contributed by atoms with Gasteiger partial charge in [-0.15, -0.1) is 10.2 Å². The summed E-state index contributed by atoms with van der Waals surface area (Å²) in [7, 11) is 0. The van der Waals surface area contributed by atoms with E-state index < -0.39 is 5.97 Å². The van der Waals surface area contributed by atoms with Crippen LogP contribution in [-0.4, -0.2) is 45.1 Å². The fourth-order valence-electron chi connectivity index (χ4n) is 0.879. The molecule has 0 aromatic carbocycles. The maximum Gasteiger partial charge on any atom is 0.313 e. The summed E-state index contributed by atoms with van der Waals surface area (Å²) in [6.07, 6.45) is 0. The van der Waals surface area contributed by atoms with Crippen molar-refractivity contribution in [3.63, 3.8) is 0 Å². The Balaban J connectivity index is 2.40. The molecule has 1 heterocycles. The van der Waals surface area contributed by atoms with Crippen LogP contribution in [0.4, 0.5) is 5.13 Å². The first-order valence-corrected chi connectivity index (χ1v) is 7.18. The topological polar surface area (TPSA) is 101 Å². The number of amides is 1.